The van der Waals surface area contributed by atoms with E-state index in [0.29, 0.717) is 13.6 Å². The summed E-state index contributed by atoms with van der Waals surface area (Å²) in [7, 11) is 3.13. The fourth-order valence-electron chi connectivity index (χ4n) is 0.240. The van der Waals surface area contributed by atoms with Crippen LogP contribution in [-0.4, -0.2) is 43.7 Å². The van der Waals surface area contributed by atoms with Gasteiger partial charge in [-0.3, -0.25) is 0 Å². The maximum atomic E-state index is 4.84. The van der Waals surface area contributed by atoms with Gasteiger partial charge in [-0.15, -0.1) is 0 Å². The zero-order valence-corrected chi connectivity index (χ0v) is 9.78. The van der Waals surface area contributed by atoms with Gasteiger partial charge in [0.05, 0.1) is 0 Å². The van der Waals surface area contributed by atoms with Gasteiger partial charge in [0.25, 0.3) is 0 Å². The van der Waals surface area contributed by atoms with Crippen LogP contribution >= 0.6 is 0 Å². The molecule has 6 heteroatoms. The van der Waals surface area contributed by atoms with E-state index in [0.717, 1.165) is 0 Å². The smallest absolute Gasteiger partial charge is 1.00 e. The largest absolute Gasteiger partial charge is 1.00 e. The monoisotopic (exact) mass is 177 g/mol. The van der Waals surface area contributed by atoms with Crippen molar-refractivity contribution in [3.05, 3.63) is 0 Å². The predicted molar refractivity (Wildman–Crippen MR) is 37.0 cm³/mol. The molecule has 0 N–H and O–H groups in total. The summed E-state index contributed by atoms with van der Waals surface area (Å²) in [6, 6.07) is 0. The molecular weight excluding hydrogens is 162 g/mol. The van der Waals surface area contributed by atoms with E-state index in [2.05, 4.69) is 9.47 Å². The van der Waals surface area contributed by atoms with E-state index < -0.39 is 15.9 Å². The molecule has 0 spiro atoms. The number of ether oxygens (including phenoxy) is 2. The molecule has 4 nitrogen and oxygen atoms in total. The number of rotatable bonds is 6. The summed E-state index contributed by atoms with van der Waals surface area (Å²) < 4.78 is 18.9. The van der Waals surface area contributed by atoms with Gasteiger partial charge in [0.15, 0.2) is 0 Å². The third-order valence-electron chi connectivity index (χ3n) is 0.508. The van der Waals surface area contributed by atoms with Gasteiger partial charge in [-0.2, -0.15) is 0 Å². The first kappa shape index (κ1) is 13.9. The van der Waals surface area contributed by atoms with Gasteiger partial charge in [0.1, 0.15) is 13.6 Å². The Hall–Kier alpha value is 1.37. The third kappa shape index (κ3) is 12.1. The van der Waals surface area contributed by atoms with Crippen molar-refractivity contribution >= 4 is 15.9 Å². The number of hydrogen-bond acceptors (Lipinski definition) is 4. The average molecular weight is 177 g/mol. The Morgan fingerprint density at radius 3 is 1.90 bits per heavy atom. The van der Waals surface area contributed by atoms with Gasteiger partial charge in [-0.1, -0.05) is 0 Å². The third-order valence-corrected chi connectivity index (χ3v) is 1.05. The summed E-state index contributed by atoms with van der Waals surface area (Å²) in [5, 5.41) is 0. The second-order valence-electron chi connectivity index (χ2n) is 1.24. The zero-order valence-electron chi connectivity index (χ0n) is 7.62. The minimum Gasteiger partial charge on any atom is -1.00 e. The molecule has 0 atom stereocenters. The summed E-state index contributed by atoms with van der Waals surface area (Å²) in [6.07, 6.45) is 0. The summed E-state index contributed by atoms with van der Waals surface area (Å²) in [6.45, 7) is 0.581. The van der Waals surface area contributed by atoms with Crippen molar-refractivity contribution in [2.45, 2.75) is 0 Å². The molecule has 0 aliphatic rings. The van der Waals surface area contributed by atoms with Crippen molar-refractivity contribution in [3.63, 3.8) is 0 Å². The van der Waals surface area contributed by atoms with Gasteiger partial charge in [-0.05, 0) is 0 Å². The Balaban J connectivity index is -0.0000000533. The molecule has 59 valence electrons. The molecule has 0 rings (SSSR count). The standard InChI is InChI=1S/2C2H5O2.Al.Na.2H2.H/c2*1-4-2-3;;;;;/h2*2H2,1H3;;;2*1H;/q2*-1;+2;+1;;;-1. The molecule has 0 aliphatic carbocycles. The van der Waals surface area contributed by atoms with Crippen LogP contribution in [0.1, 0.15) is 4.28 Å². The second-order valence-corrected chi connectivity index (χ2v) is 2.10. The molecule has 0 amide bonds. The Labute approximate surface area is 94.3 Å². The molecule has 1 radical (unpaired) electrons. The van der Waals surface area contributed by atoms with Crippen LogP contribution in [0, 0.1) is 0 Å². The molecule has 0 aromatic rings. The Morgan fingerprint density at radius 1 is 1.20 bits per heavy atom. The van der Waals surface area contributed by atoms with Crippen molar-refractivity contribution in [1.82, 2.24) is 0 Å². The van der Waals surface area contributed by atoms with Gasteiger partial charge in [0, 0.05) is 17.1 Å². The molecule has 0 unspecified atom stereocenters. The van der Waals surface area contributed by atoms with E-state index in [1.165, 1.54) is 0 Å². The summed E-state index contributed by atoms with van der Waals surface area (Å²) >= 11 is -0.432. The molecule has 0 aromatic carbocycles. The Kier molecular flexibility index (Phi) is 18.1. The van der Waals surface area contributed by atoms with Gasteiger partial charge >= 0.3 is 45.4 Å². The minimum atomic E-state index is -0.432. The fraction of sp³-hybridized carbons (Fsp3) is 1.00. The quantitative estimate of drug-likeness (QED) is 0.253. The zero-order chi connectivity index (χ0) is 6.95. The number of hydrogen-bond donors (Lipinski definition) is 0. The van der Waals surface area contributed by atoms with Crippen LogP contribution in [0.3, 0.4) is 0 Å². The molecule has 0 bridgehead atoms. The SMILES string of the molecule is COC[O][Al][O]COC.[H-].[HH].[HH].[Na+]. The first-order chi connectivity index (χ1) is 4.41. The maximum Gasteiger partial charge on any atom is 1.00 e. The molecule has 0 aliphatic heterocycles. The van der Waals surface area contributed by atoms with E-state index >= 15 is 0 Å². The number of methoxy groups -OCH3 is 2. The van der Waals surface area contributed by atoms with E-state index in [4.69, 9.17) is 7.58 Å². The van der Waals surface area contributed by atoms with Crippen molar-refractivity contribution in [1.29, 1.82) is 0 Å². The Bertz CT molecular complexity index is 60.7. The molecule has 0 fully saturated rings. The van der Waals surface area contributed by atoms with Crippen LogP contribution in [0.2, 0.25) is 0 Å². The molecular formula is C4H15AlNaO4. The van der Waals surface area contributed by atoms with Crippen LogP contribution < -0.4 is 29.6 Å². The summed E-state index contributed by atoms with van der Waals surface area (Å²) in [5.74, 6) is 0. The van der Waals surface area contributed by atoms with Crippen molar-refractivity contribution in [2.75, 3.05) is 27.8 Å². The topological polar surface area (TPSA) is 36.9 Å². The first-order valence-corrected chi connectivity index (χ1v) is 3.39. The Morgan fingerprint density at radius 2 is 1.60 bits per heavy atom. The minimum absolute atomic E-state index is 0. The normalized spacial score (nSPS) is 8.60. The van der Waals surface area contributed by atoms with Crippen LogP contribution in [0.25, 0.3) is 0 Å². The summed E-state index contributed by atoms with van der Waals surface area (Å²) in [5.41, 5.74) is 0. The molecule has 10 heavy (non-hydrogen) atoms. The van der Waals surface area contributed by atoms with E-state index in [-0.39, 0.29) is 33.8 Å². The fourth-order valence-corrected chi connectivity index (χ4v) is 0.719. The van der Waals surface area contributed by atoms with Crippen molar-refractivity contribution in [3.8, 4) is 0 Å². The summed E-state index contributed by atoms with van der Waals surface area (Å²) in [4.78, 5) is 0. The molecule has 0 saturated carbocycles. The van der Waals surface area contributed by atoms with Crippen LogP contribution in [-0.2, 0) is 17.1 Å². The first-order valence-electron chi connectivity index (χ1n) is 2.44. The average Bonchev–Trinajstić information content (AvgIpc) is 1.89. The predicted octanol–water partition coefficient (Wildman–Crippen LogP) is -2.63. The van der Waals surface area contributed by atoms with E-state index in [1.54, 1.807) is 14.2 Å². The van der Waals surface area contributed by atoms with E-state index in [9.17, 15) is 0 Å². The van der Waals surface area contributed by atoms with Gasteiger partial charge in [0.2, 0.25) is 0 Å². The maximum absolute atomic E-state index is 4.84. The van der Waals surface area contributed by atoms with Gasteiger partial charge in [-0.25, -0.2) is 0 Å². The van der Waals surface area contributed by atoms with Crippen LogP contribution in [0.5, 0.6) is 0 Å². The van der Waals surface area contributed by atoms with E-state index in [1.807, 2.05) is 0 Å². The van der Waals surface area contributed by atoms with Crippen LogP contribution in [0.4, 0.5) is 0 Å². The van der Waals surface area contributed by atoms with Crippen molar-refractivity contribution in [2.24, 2.45) is 0 Å². The van der Waals surface area contributed by atoms with Gasteiger partial charge < -0.3 is 18.5 Å². The molecule has 0 heterocycles. The second kappa shape index (κ2) is 13.0. The van der Waals surface area contributed by atoms with Crippen LogP contribution in [0.15, 0.2) is 0 Å². The molecule has 0 aromatic heterocycles. The van der Waals surface area contributed by atoms with Crippen molar-refractivity contribution < 1.29 is 50.9 Å². The molecule has 0 saturated heterocycles.